The maximum atomic E-state index is 12.3. The lowest BCUT2D eigenvalue weighted by Crippen LogP contribution is -2.32. The Morgan fingerprint density at radius 3 is 2.43 bits per heavy atom. The molecule has 0 aromatic heterocycles. The number of nitrogens with zero attached hydrogens (tertiary/aromatic N) is 1. The van der Waals surface area contributed by atoms with E-state index in [1.807, 2.05) is 31.3 Å². The Bertz CT molecular complexity index is 610. The van der Waals surface area contributed by atoms with Crippen molar-refractivity contribution in [3.05, 3.63) is 65.7 Å². The second-order valence-electron chi connectivity index (χ2n) is 5.85. The van der Waals surface area contributed by atoms with Crippen molar-refractivity contribution in [2.45, 2.75) is 32.6 Å². The molecule has 2 rings (SSSR count). The highest BCUT2D eigenvalue weighted by molar-refractivity contribution is 5.90. The summed E-state index contributed by atoms with van der Waals surface area (Å²) in [6, 6.07) is 18.4. The van der Waals surface area contributed by atoms with Crippen LogP contribution >= 0.6 is 0 Å². The van der Waals surface area contributed by atoms with E-state index in [2.05, 4.69) is 42.6 Å². The SMILES string of the molecule is CCCc1ccccc1NC(=O)N(C)CCCc1ccccc1. The van der Waals surface area contributed by atoms with Crippen molar-refractivity contribution in [1.29, 1.82) is 0 Å². The highest BCUT2D eigenvalue weighted by Gasteiger charge is 2.10. The summed E-state index contributed by atoms with van der Waals surface area (Å²) in [6.45, 7) is 2.89. The molecule has 2 aromatic carbocycles. The first-order valence-corrected chi connectivity index (χ1v) is 8.34. The quantitative estimate of drug-likeness (QED) is 0.787. The van der Waals surface area contributed by atoms with E-state index in [0.717, 1.165) is 37.9 Å². The molecule has 0 saturated carbocycles. The van der Waals surface area contributed by atoms with Crippen molar-refractivity contribution in [3.8, 4) is 0 Å². The van der Waals surface area contributed by atoms with Gasteiger partial charge >= 0.3 is 6.03 Å². The van der Waals surface area contributed by atoms with Gasteiger partial charge < -0.3 is 10.2 Å². The lowest BCUT2D eigenvalue weighted by atomic mass is 10.1. The van der Waals surface area contributed by atoms with Crippen LogP contribution in [0.3, 0.4) is 0 Å². The zero-order valence-corrected chi connectivity index (χ0v) is 14.1. The molecule has 0 fully saturated rings. The number of urea groups is 1. The first kappa shape index (κ1) is 17.1. The molecule has 0 radical (unpaired) electrons. The molecule has 0 unspecified atom stereocenters. The summed E-state index contributed by atoms with van der Waals surface area (Å²) >= 11 is 0. The van der Waals surface area contributed by atoms with E-state index in [4.69, 9.17) is 0 Å². The van der Waals surface area contributed by atoms with Crippen LogP contribution in [0.15, 0.2) is 54.6 Å². The smallest absolute Gasteiger partial charge is 0.321 e. The summed E-state index contributed by atoms with van der Waals surface area (Å²) in [5.74, 6) is 0. The van der Waals surface area contributed by atoms with Crippen LogP contribution in [0.5, 0.6) is 0 Å². The lowest BCUT2D eigenvalue weighted by molar-refractivity contribution is 0.222. The molecule has 0 saturated heterocycles. The zero-order chi connectivity index (χ0) is 16.5. The summed E-state index contributed by atoms with van der Waals surface area (Å²) in [4.78, 5) is 14.1. The van der Waals surface area contributed by atoms with Crippen molar-refractivity contribution in [1.82, 2.24) is 4.90 Å². The van der Waals surface area contributed by atoms with Crippen LogP contribution in [-0.4, -0.2) is 24.5 Å². The van der Waals surface area contributed by atoms with E-state index in [9.17, 15) is 4.79 Å². The molecule has 0 aliphatic rings. The Morgan fingerprint density at radius 1 is 1.00 bits per heavy atom. The summed E-state index contributed by atoms with van der Waals surface area (Å²) < 4.78 is 0. The number of para-hydroxylation sites is 1. The summed E-state index contributed by atoms with van der Waals surface area (Å²) in [5.41, 5.74) is 3.44. The number of anilines is 1. The molecule has 0 heterocycles. The van der Waals surface area contributed by atoms with Gasteiger partial charge in [0.15, 0.2) is 0 Å². The van der Waals surface area contributed by atoms with Gasteiger partial charge in [0.2, 0.25) is 0 Å². The second kappa shape index (κ2) is 8.99. The molecule has 2 amide bonds. The predicted octanol–water partition coefficient (Wildman–Crippen LogP) is 4.74. The van der Waals surface area contributed by atoms with Gasteiger partial charge in [-0.3, -0.25) is 0 Å². The van der Waals surface area contributed by atoms with E-state index in [0.29, 0.717) is 0 Å². The van der Waals surface area contributed by atoms with Crippen molar-refractivity contribution in [2.75, 3.05) is 18.9 Å². The molecule has 1 N–H and O–H groups in total. The summed E-state index contributed by atoms with van der Waals surface area (Å²) in [7, 11) is 1.85. The molecule has 3 nitrogen and oxygen atoms in total. The minimum absolute atomic E-state index is 0.0402. The average Bonchev–Trinajstić information content (AvgIpc) is 2.57. The van der Waals surface area contributed by atoms with Crippen molar-refractivity contribution >= 4 is 11.7 Å². The molecular formula is C20H26N2O. The first-order valence-electron chi connectivity index (χ1n) is 8.34. The second-order valence-corrected chi connectivity index (χ2v) is 5.85. The first-order chi connectivity index (χ1) is 11.2. The van der Waals surface area contributed by atoms with Gasteiger partial charge in [-0.05, 0) is 36.5 Å². The third kappa shape index (κ3) is 5.44. The van der Waals surface area contributed by atoms with Crippen molar-refractivity contribution in [3.63, 3.8) is 0 Å². The third-order valence-electron chi connectivity index (χ3n) is 3.93. The van der Waals surface area contributed by atoms with Crippen molar-refractivity contribution < 1.29 is 4.79 Å². The number of hydrogen-bond donors (Lipinski definition) is 1. The molecular weight excluding hydrogens is 284 g/mol. The van der Waals surface area contributed by atoms with Gasteiger partial charge in [-0.1, -0.05) is 61.9 Å². The minimum Gasteiger partial charge on any atom is -0.328 e. The number of rotatable bonds is 7. The molecule has 122 valence electrons. The fourth-order valence-electron chi connectivity index (χ4n) is 2.61. The Morgan fingerprint density at radius 2 is 1.70 bits per heavy atom. The minimum atomic E-state index is -0.0402. The van der Waals surface area contributed by atoms with E-state index < -0.39 is 0 Å². The Labute approximate surface area is 139 Å². The van der Waals surface area contributed by atoms with E-state index in [-0.39, 0.29) is 6.03 Å². The normalized spacial score (nSPS) is 10.3. The predicted molar refractivity (Wildman–Crippen MR) is 96.8 cm³/mol. The number of hydrogen-bond acceptors (Lipinski definition) is 1. The Hall–Kier alpha value is -2.29. The van der Waals surface area contributed by atoms with Gasteiger partial charge in [0, 0.05) is 19.3 Å². The largest absolute Gasteiger partial charge is 0.328 e. The van der Waals surface area contributed by atoms with Gasteiger partial charge in [0.1, 0.15) is 0 Å². The highest BCUT2D eigenvalue weighted by Crippen LogP contribution is 2.17. The fourth-order valence-corrected chi connectivity index (χ4v) is 2.61. The Balaban J connectivity index is 1.83. The van der Waals surface area contributed by atoms with Gasteiger partial charge in [-0.25, -0.2) is 4.79 Å². The highest BCUT2D eigenvalue weighted by atomic mass is 16.2. The summed E-state index contributed by atoms with van der Waals surface area (Å²) in [6.07, 6.45) is 4.00. The fraction of sp³-hybridized carbons (Fsp3) is 0.350. The maximum Gasteiger partial charge on any atom is 0.321 e. The van der Waals surface area contributed by atoms with Crippen LogP contribution in [-0.2, 0) is 12.8 Å². The molecule has 3 heteroatoms. The molecule has 0 atom stereocenters. The van der Waals surface area contributed by atoms with Crippen LogP contribution in [0.1, 0.15) is 30.9 Å². The number of nitrogens with one attached hydrogen (secondary N) is 1. The van der Waals surface area contributed by atoms with Gasteiger partial charge in [-0.2, -0.15) is 0 Å². The van der Waals surface area contributed by atoms with E-state index in [1.165, 1.54) is 11.1 Å². The van der Waals surface area contributed by atoms with Crippen LogP contribution in [0, 0.1) is 0 Å². The molecule has 0 spiro atoms. The topological polar surface area (TPSA) is 32.3 Å². The number of benzene rings is 2. The summed E-state index contributed by atoms with van der Waals surface area (Å²) in [5, 5.41) is 3.03. The Kier molecular flexibility index (Phi) is 6.67. The molecule has 23 heavy (non-hydrogen) atoms. The lowest BCUT2D eigenvalue weighted by Gasteiger charge is -2.19. The van der Waals surface area contributed by atoms with Gasteiger partial charge in [0.25, 0.3) is 0 Å². The van der Waals surface area contributed by atoms with Crippen LogP contribution in [0.4, 0.5) is 10.5 Å². The third-order valence-corrected chi connectivity index (χ3v) is 3.93. The average molecular weight is 310 g/mol. The number of aryl methyl sites for hydroxylation is 2. The molecule has 0 bridgehead atoms. The van der Waals surface area contributed by atoms with Crippen LogP contribution in [0.2, 0.25) is 0 Å². The zero-order valence-electron chi connectivity index (χ0n) is 14.1. The standard InChI is InChI=1S/C20H26N2O/c1-3-10-18-14-7-8-15-19(18)21-20(23)22(2)16-9-13-17-11-5-4-6-12-17/h4-8,11-12,14-15H,3,9-10,13,16H2,1-2H3,(H,21,23). The molecule has 0 aliphatic carbocycles. The van der Waals surface area contributed by atoms with E-state index in [1.54, 1.807) is 4.90 Å². The number of amides is 2. The van der Waals surface area contributed by atoms with Gasteiger partial charge in [0.05, 0.1) is 0 Å². The molecule has 0 aliphatic heterocycles. The van der Waals surface area contributed by atoms with Crippen molar-refractivity contribution in [2.24, 2.45) is 0 Å². The van der Waals surface area contributed by atoms with Crippen LogP contribution in [0.25, 0.3) is 0 Å². The number of carbonyl (C=O) groups is 1. The van der Waals surface area contributed by atoms with Crippen LogP contribution < -0.4 is 5.32 Å². The molecule has 2 aromatic rings. The maximum absolute atomic E-state index is 12.3. The van der Waals surface area contributed by atoms with Gasteiger partial charge in [-0.15, -0.1) is 0 Å². The monoisotopic (exact) mass is 310 g/mol. The van der Waals surface area contributed by atoms with E-state index >= 15 is 0 Å². The number of carbonyl (C=O) groups excluding carboxylic acids is 1.